The minimum atomic E-state index is -0.974. The van der Waals surface area contributed by atoms with Crippen LogP contribution < -0.4 is 4.74 Å². The highest BCUT2D eigenvalue weighted by Crippen LogP contribution is 2.31. The van der Waals surface area contributed by atoms with E-state index in [1.807, 2.05) is 48.5 Å². The van der Waals surface area contributed by atoms with E-state index in [1.54, 1.807) is 12.3 Å². The molecule has 0 aliphatic rings. The van der Waals surface area contributed by atoms with Crippen LogP contribution in [0.5, 0.6) is 5.75 Å². The molecule has 6 nitrogen and oxygen atoms in total. The highest BCUT2D eigenvalue weighted by atomic mass is 16.5. The maximum atomic E-state index is 10.4. The molecular formula is C17H15N3O3. The summed E-state index contributed by atoms with van der Waals surface area (Å²) in [7, 11) is 0. The lowest BCUT2D eigenvalue weighted by atomic mass is 10.0. The van der Waals surface area contributed by atoms with Crippen molar-refractivity contribution in [3.8, 4) is 5.75 Å². The summed E-state index contributed by atoms with van der Waals surface area (Å²) in [6, 6.07) is 16.7. The molecule has 6 heteroatoms. The fraction of sp³-hybridized carbons (Fsp3) is 0.176. The maximum Gasteiger partial charge on any atom is 0.175 e. The third-order valence-electron chi connectivity index (χ3n) is 3.51. The van der Waals surface area contributed by atoms with Gasteiger partial charge in [-0.3, -0.25) is 0 Å². The number of rotatable bonds is 6. The van der Waals surface area contributed by atoms with E-state index in [2.05, 4.69) is 10.0 Å². The van der Waals surface area contributed by atoms with Crippen molar-refractivity contribution in [2.75, 3.05) is 6.54 Å². The third-order valence-corrected chi connectivity index (χ3v) is 3.51. The number of furan rings is 1. The SMILES string of the molecule is [N-]=[N+]=NC[C@H](O)[C@H](Oc1cccc2ccoc12)c1ccccc1. The van der Waals surface area contributed by atoms with E-state index in [4.69, 9.17) is 14.7 Å². The fourth-order valence-electron chi connectivity index (χ4n) is 2.42. The number of para-hydroxylation sites is 1. The van der Waals surface area contributed by atoms with Gasteiger partial charge in [0.15, 0.2) is 11.3 Å². The van der Waals surface area contributed by atoms with Gasteiger partial charge in [0.25, 0.3) is 0 Å². The van der Waals surface area contributed by atoms with Crippen molar-refractivity contribution in [3.05, 3.63) is 76.9 Å². The van der Waals surface area contributed by atoms with Crippen LogP contribution in [0, 0.1) is 0 Å². The Morgan fingerprint density at radius 1 is 1.13 bits per heavy atom. The molecule has 23 heavy (non-hydrogen) atoms. The number of aliphatic hydroxyl groups is 1. The van der Waals surface area contributed by atoms with Crippen molar-refractivity contribution in [3.63, 3.8) is 0 Å². The first-order valence-electron chi connectivity index (χ1n) is 7.16. The lowest BCUT2D eigenvalue weighted by Crippen LogP contribution is -2.26. The number of fused-ring (bicyclic) bond motifs is 1. The van der Waals surface area contributed by atoms with Gasteiger partial charge in [0.05, 0.1) is 12.8 Å². The number of hydrogen-bond acceptors (Lipinski definition) is 4. The smallest absolute Gasteiger partial charge is 0.175 e. The predicted octanol–water partition coefficient (Wildman–Crippen LogP) is 4.22. The molecule has 0 fully saturated rings. The Morgan fingerprint density at radius 3 is 2.74 bits per heavy atom. The van der Waals surface area contributed by atoms with E-state index in [9.17, 15) is 5.11 Å². The molecule has 3 aromatic rings. The van der Waals surface area contributed by atoms with Gasteiger partial charge >= 0.3 is 0 Å². The average Bonchev–Trinajstić information content (AvgIpc) is 3.07. The van der Waals surface area contributed by atoms with Gasteiger partial charge < -0.3 is 14.3 Å². The topological polar surface area (TPSA) is 91.4 Å². The Labute approximate surface area is 132 Å². The molecule has 0 amide bonds. The fourth-order valence-corrected chi connectivity index (χ4v) is 2.42. The molecule has 0 radical (unpaired) electrons. The lowest BCUT2D eigenvalue weighted by molar-refractivity contribution is 0.0418. The van der Waals surface area contributed by atoms with Gasteiger partial charge in [-0.2, -0.15) is 0 Å². The molecule has 0 aliphatic carbocycles. The van der Waals surface area contributed by atoms with Gasteiger partial charge in [0.2, 0.25) is 0 Å². The van der Waals surface area contributed by atoms with Crippen molar-refractivity contribution in [2.45, 2.75) is 12.2 Å². The van der Waals surface area contributed by atoms with Crippen LogP contribution in [-0.2, 0) is 0 Å². The molecule has 0 saturated heterocycles. The first kappa shape index (κ1) is 15.0. The van der Waals surface area contributed by atoms with Crippen molar-refractivity contribution in [1.82, 2.24) is 0 Å². The normalized spacial score (nSPS) is 13.3. The molecule has 116 valence electrons. The van der Waals surface area contributed by atoms with Crippen LogP contribution in [0.1, 0.15) is 11.7 Å². The summed E-state index contributed by atoms with van der Waals surface area (Å²) in [6.45, 7) is -0.0792. The summed E-state index contributed by atoms with van der Waals surface area (Å²) in [5.41, 5.74) is 9.87. The van der Waals surface area contributed by atoms with Crippen LogP contribution in [0.25, 0.3) is 21.4 Å². The number of nitrogens with zero attached hydrogens (tertiary/aromatic N) is 3. The molecular weight excluding hydrogens is 294 g/mol. The van der Waals surface area contributed by atoms with E-state index < -0.39 is 12.2 Å². The van der Waals surface area contributed by atoms with Crippen LogP contribution >= 0.6 is 0 Å². The molecule has 0 spiro atoms. The molecule has 0 bridgehead atoms. The minimum Gasteiger partial charge on any atom is -0.479 e. The number of aliphatic hydroxyl groups excluding tert-OH is 1. The van der Waals surface area contributed by atoms with Gasteiger partial charge in [0, 0.05) is 10.3 Å². The average molecular weight is 309 g/mol. The second kappa shape index (κ2) is 6.87. The van der Waals surface area contributed by atoms with Gasteiger partial charge in [-0.1, -0.05) is 47.6 Å². The van der Waals surface area contributed by atoms with Crippen molar-refractivity contribution < 1.29 is 14.3 Å². The maximum absolute atomic E-state index is 10.4. The van der Waals surface area contributed by atoms with Crippen molar-refractivity contribution in [1.29, 1.82) is 0 Å². The summed E-state index contributed by atoms with van der Waals surface area (Å²) in [6.07, 6.45) is -0.0539. The summed E-state index contributed by atoms with van der Waals surface area (Å²) in [5.74, 6) is 0.529. The zero-order chi connectivity index (χ0) is 16.1. The standard InChI is InChI=1S/C17H15N3O3/c18-20-19-11-14(21)16(12-5-2-1-3-6-12)23-15-8-4-7-13-9-10-22-17(13)15/h1-10,14,16,21H,11H2/t14-,16+/m0/s1. The van der Waals surface area contributed by atoms with Gasteiger partial charge in [-0.15, -0.1) is 0 Å². The molecule has 0 unspecified atom stereocenters. The molecule has 1 heterocycles. The quantitative estimate of drug-likeness (QED) is 0.419. The number of azide groups is 1. The molecule has 1 aromatic heterocycles. The summed E-state index contributed by atoms with van der Waals surface area (Å²) in [5, 5.41) is 14.7. The molecule has 0 aliphatic heterocycles. The van der Waals surface area contributed by atoms with Crippen molar-refractivity contribution >= 4 is 11.0 Å². The van der Waals surface area contributed by atoms with E-state index in [1.165, 1.54) is 0 Å². The van der Waals surface area contributed by atoms with Gasteiger partial charge in [0.1, 0.15) is 12.2 Å². The van der Waals surface area contributed by atoms with Crippen LogP contribution in [0.3, 0.4) is 0 Å². The molecule has 1 N–H and O–H groups in total. The largest absolute Gasteiger partial charge is 0.479 e. The Bertz CT molecular complexity index is 825. The van der Waals surface area contributed by atoms with E-state index in [-0.39, 0.29) is 6.54 Å². The molecule has 2 atom stereocenters. The summed E-state index contributed by atoms with van der Waals surface area (Å²) >= 11 is 0. The Hall–Kier alpha value is -2.95. The first-order chi connectivity index (χ1) is 11.3. The Balaban J connectivity index is 1.95. The summed E-state index contributed by atoms with van der Waals surface area (Å²) < 4.78 is 11.5. The summed E-state index contributed by atoms with van der Waals surface area (Å²) in [4.78, 5) is 2.69. The van der Waals surface area contributed by atoms with Crippen LogP contribution in [0.4, 0.5) is 0 Å². The van der Waals surface area contributed by atoms with E-state index in [0.717, 1.165) is 10.9 Å². The van der Waals surface area contributed by atoms with Crippen LogP contribution in [0.2, 0.25) is 0 Å². The zero-order valence-electron chi connectivity index (χ0n) is 12.2. The Kier molecular flexibility index (Phi) is 4.47. The lowest BCUT2D eigenvalue weighted by Gasteiger charge is -2.23. The number of ether oxygens (including phenoxy) is 1. The van der Waals surface area contributed by atoms with Gasteiger partial charge in [-0.05, 0) is 23.2 Å². The molecule has 3 rings (SSSR count). The highest BCUT2D eigenvalue weighted by Gasteiger charge is 2.23. The van der Waals surface area contributed by atoms with Crippen LogP contribution in [0.15, 0.2) is 70.4 Å². The van der Waals surface area contributed by atoms with E-state index >= 15 is 0 Å². The zero-order valence-corrected chi connectivity index (χ0v) is 12.2. The minimum absolute atomic E-state index is 0.0792. The highest BCUT2D eigenvalue weighted by molar-refractivity contribution is 5.82. The molecule has 2 aromatic carbocycles. The van der Waals surface area contributed by atoms with Gasteiger partial charge in [-0.25, -0.2) is 0 Å². The van der Waals surface area contributed by atoms with E-state index in [0.29, 0.717) is 11.3 Å². The second-order valence-electron chi connectivity index (χ2n) is 5.03. The number of benzene rings is 2. The third kappa shape index (κ3) is 3.29. The monoisotopic (exact) mass is 309 g/mol. The molecule has 0 saturated carbocycles. The predicted molar refractivity (Wildman–Crippen MR) is 86.0 cm³/mol. The Morgan fingerprint density at radius 2 is 1.96 bits per heavy atom. The van der Waals surface area contributed by atoms with Crippen LogP contribution in [-0.4, -0.2) is 17.8 Å². The van der Waals surface area contributed by atoms with Crippen molar-refractivity contribution in [2.24, 2.45) is 5.11 Å². The second-order valence-corrected chi connectivity index (χ2v) is 5.03. The number of hydrogen-bond donors (Lipinski definition) is 1. The first-order valence-corrected chi connectivity index (χ1v) is 7.16.